The van der Waals surface area contributed by atoms with Gasteiger partial charge in [-0.15, -0.1) is 0 Å². The predicted octanol–water partition coefficient (Wildman–Crippen LogP) is 2.50. The number of pyridine rings is 1. The highest BCUT2D eigenvalue weighted by atomic mass is 32.2. The topological polar surface area (TPSA) is 195 Å². The summed E-state index contributed by atoms with van der Waals surface area (Å²) in [7, 11) is -4.11. The molecule has 2 amide bonds. The van der Waals surface area contributed by atoms with Crippen LogP contribution in [0.2, 0.25) is 0 Å². The number of primary amides is 1. The van der Waals surface area contributed by atoms with Crippen LogP contribution in [0.15, 0.2) is 78.1 Å². The summed E-state index contributed by atoms with van der Waals surface area (Å²) in [6.45, 7) is 0. The number of hydrogen-bond donors (Lipinski definition) is 5. The van der Waals surface area contributed by atoms with Crippen LogP contribution in [0.5, 0.6) is 0 Å². The first kappa shape index (κ1) is 25.2. The molecule has 188 valence electrons. The average molecular weight is 523 g/mol. The van der Waals surface area contributed by atoms with Crippen LogP contribution in [-0.2, 0) is 10.0 Å². The molecule has 14 heteroatoms. The minimum Gasteiger partial charge on any atom is -0.365 e. The summed E-state index contributed by atoms with van der Waals surface area (Å²) in [5.74, 6) is -2.31. The molecule has 4 aromatic rings. The van der Waals surface area contributed by atoms with Gasteiger partial charge in [0, 0.05) is 29.8 Å². The molecular weight excluding hydrogens is 503 g/mol. The number of amides is 2. The summed E-state index contributed by atoms with van der Waals surface area (Å²) < 4.78 is 38.4. The molecule has 0 unspecified atom stereocenters. The maximum absolute atomic E-state index is 14.5. The van der Waals surface area contributed by atoms with Crippen molar-refractivity contribution >= 4 is 50.7 Å². The molecule has 2 aromatic heterocycles. The molecule has 0 radical (unpaired) electrons. The van der Waals surface area contributed by atoms with Crippen molar-refractivity contribution in [2.24, 2.45) is 10.9 Å². The molecule has 0 bridgehead atoms. The number of nitrogens with zero attached hydrogens (tertiary/aromatic N) is 3. The number of hydrogen-bond acceptors (Lipinski definition) is 9. The summed E-state index contributed by atoms with van der Waals surface area (Å²) in [4.78, 5) is 36.1. The van der Waals surface area contributed by atoms with E-state index in [2.05, 4.69) is 30.9 Å². The van der Waals surface area contributed by atoms with Crippen molar-refractivity contribution in [3.8, 4) is 0 Å². The van der Waals surface area contributed by atoms with Gasteiger partial charge >= 0.3 is 0 Å². The van der Waals surface area contributed by atoms with Gasteiger partial charge in [0.15, 0.2) is 0 Å². The number of primary sulfonamides is 1. The molecule has 0 atom stereocenters. The summed E-state index contributed by atoms with van der Waals surface area (Å²) in [6, 6.07) is 12.6. The molecule has 0 fully saturated rings. The minimum atomic E-state index is -4.11. The second kappa shape index (κ2) is 10.3. The van der Waals surface area contributed by atoms with E-state index >= 15 is 0 Å². The van der Waals surface area contributed by atoms with Crippen molar-refractivity contribution < 1.29 is 22.4 Å². The van der Waals surface area contributed by atoms with E-state index in [1.807, 2.05) is 0 Å². The van der Waals surface area contributed by atoms with Crippen LogP contribution in [0.3, 0.4) is 0 Å². The van der Waals surface area contributed by atoms with Crippen molar-refractivity contribution in [2.75, 3.05) is 16.0 Å². The van der Waals surface area contributed by atoms with Crippen molar-refractivity contribution in [1.82, 2.24) is 15.0 Å². The highest BCUT2D eigenvalue weighted by Gasteiger charge is 2.18. The minimum absolute atomic E-state index is 0.0316. The molecule has 0 aliphatic rings. The molecule has 7 N–H and O–H groups in total. The first-order chi connectivity index (χ1) is 17.6. The highest BCUT2D eigenvalue weighted by Crippen LogP contribution is 2.27. The molecule has 0 aliphatic carbocycles. The lowest BCUT2D eigenvalue weighted by Crippen LogP contribution is -2.18. The van der Waals surface area contributed by atoms with Gasteiger partial charge in [0.25, 0.3) is 11.8 Å². The SMILES string of the molecule is NC(=O)c1cnc(Nc2cc(NC(=O)c3ccncc3)ccc2F)nc1Nc1ccccc1S(N)(=O)=O. The molecule has 37 heavy (non-hydrogen) atoms. The number of sulfonamides is 1. The number of anilines is 5. The normalized spacial score (nSPS) is 11.0. The number of carbonyl (C=O) groups is 2. The van der Waals surface area contributed by atoms with Gasteiger partial charge in [0.2, 0.25) is 16.0 Å². The number of rotatable bonds is 8. The Morgan fingerprint density at radius 3 is 2.38 bits per heavy atom. The van der Waals surface area contributed by atoms with Crippen molar-refractivity contribution in [3.63, 3.8) is 0 Å². The zero-order valence-corrected chi connectivity index (χ0v) is 19.7. The number of carbonyl (C=O) groups excluding carboxylic acids is 2. The van der Waals surface area contributed by atoms with E-state index in [0.717, 1.165) is 12.3 Å². The molecular formula is C23H19FN8O4S. The van der Waals surface area contributed by atoms with Crippen molar-refractivity contribution in [3.05, 3.63) is 90.1 Å². The molecule has 0 aliphatic heterocycles. The Labute approximate surface area is 210 Å². The maximum atomic E-state index is 14.5. The fraction of sp³-hybridized carbons (Fsp3) is 0. The zero-order chi connectivity index (χ0) is 26.6. The monoisotopic (exact) mass is 522 g/mol. The lowest BCUT2D eigenvalue weighted by atomic mass is 10.2. The molecule has 0 saturated heterocycles. The Kier molecular flexibility index (Phi) is 7.04. The van der Waals surface area contributed by atoms with E-state index in [9.17, 15) is 22.4 Å². The second-order valence-corrected chi connectivity index (χ2v) is 9.03. The van der Waals surface area contributed by atoms with Crippen LogP contribution < -0.4 is 26.8 Å². The quantitative estimate of drug-likeness (QED) is 0.231. The predicted molar refractivity (Wildman–Crippen MR) is 134 cm³/mol. The van der Waals surface area contributed by atoms with Crippen LogP contribution in [-0.4, -0.2) is 35.2 Å². The van der Waals surface area contributed by atoms with Gasteiger partial charge in [0.05, 0.1) is 11.4 Å². The van der Waals surface area contributed by atoms with Gasteiger partial charge in [-0.2, -0.15) is 4.98 Å². The fourth-order valence-corrected chi connectivity index (χ4v) is 3.88. The standard InChI is InChI=1S/C23H19FN8O4S/c24-16-6-5-14(29-22(34)13-7-9-27-10-8-13)11-18(16)31-23-28-12-15(20(25)33)21(32-23)30-17-3-1-2-4-19(17)37(26,35)36/h1-12H,(H2,25,33)(H,29,34)(H2,26,35,36)(H2,28,30,31,32). The molecule has 4 rings (SSSR count). The number of nitrogens with two attached hydrogens (primary N) is 2. The molecule has 0 spiro atoms. The number of para-hydroxylation sites is 1. The summed E-state index contributed by atoms with van der Waals surface area (Å²) in [5, 5.41) is 13.3. The van der Waals surface area contributed by atoms with E-state index in [1.54, 1.807) is 6.07 Å². The number of aromatic nitrogens is 3. The highest BCUT2D eigenvalue weighted by molar-refractivity contribution is 7.89. The van der Waals surface area contributed by atoms with E-state index < -0.39 is 27.7 Å². The Bertz CT molecular complexity index is 1600. The third-order valence-electron chi connectivity index (χ3n) is 4.91. The van der Waals surface area contributed by atoms with Crippen molar-refractivity contribution in [2.45, 2.75) is 4.90 Å². The van der Waals surface area contributed by atoms with Crippen LogP contribution in [0.25, 0.3) is 0 Å². The zero-order valence-electron chi connectivity index (χ0n) is 18.8. The first-order valence-electron chi connectivity index (χ1n) is 10.5. The first-order valence-corrected chi connectivity index (χ1v) is 12.0. The fourth-order valence-electron chi connectivity index (χ4n) is 3.19. The summed E-state index contributed by atoms with van der Waals surface area (Å²) >= 11 is 0. The van der Waals surface area contributed by atoms with E-state index in [0.29, 0.717) is 5.56 Å². The van der Waals surface area contributed by atoms with E-state index in [4.69, 9.17) is 10.9 Å². The number of halogens is 1. The summed E-state index contributed by atoms with van der Waals surface area (Å²) in [6.07, 6.45) is 4.02. The van der Waals surface area contributed by atoms with Crippen LogP contribution in [0.4, 0.5) is 33.2 Å². The van der Waals surface area contributed by atoms with Crippen LogP contribution >= 0.6 is 0 Å². The lowest BCUT2D eigenvalue weighted by Gasteiger charge is -2.14. The number of nitrogens with one attached hydrogen (secondary N) is 3. The van der Waals surface area contributed by atoms with Crippen LogP contribution in [0.1, 0.15) is 20.7 Å². The van der Waals surface area contributed by atoms with Gasteiger partial charge in [0.1, 0.15) is 22.1 Å². The molecule has 2 heterocycles. The Hall–Kier alpha value is -4.95. The second-order valence-electron chi connectivity index (χ2n) is 7.50. The summed E-state index contributed by atoms with van der Waals surface area (Å²) in [5.41, 5.74) is 5.83. The molecule has 2 aromatic carbocycles. The maximum Gasteiger partial charge on any atom is 0.255 e. The van der Waals surface area contributed by atoms with E-state index in [1.165, 1.54) is 54.9 Å². The largest absolute Gasteiger partial charge is 0.365 e. The van der Waals surface area contributed by atoms with Gasteiger partial charge in [-0.1, -0.05) is 12.1 Å². The molecule has 12 nitrogen and oxygen atoms in total. The number of benzene rings is 2. The van der Waals surface area contributed by atoms with Gasteiger partial charge in [-0.05, 0) is 42.5 Å². The average Bonchev–Trinajstić information content (AvgIpc) is 2.86. The third kappa shape index (κ3) is 6.01. The molecule has 0 saturated carbocycles. The smallest absolute Gasteiger partial charge is 0.255 e. The van der Waals surface area contributed by atoms with Gasteiger partial charge in [-0.25, -0.2) is 22.9 Å². The Morgan fingerprint density at radius 2 is 1.68 bits per heavy atom. The van der Waals surface area contributed by atoms with Crippen molar-refractivity contribution in [1.29, 1.82) is 0 Å². The van der Waals surface area contributed by atoms with Gasteiger partial charge < -0.3 is 21.7 Å². The van der Waals surface area contributed by atoms with Gasteiger partial charge in [-0.3, -0.25) is 14.6 Å². The Morgan fingerprint density at radius 1 is 0.946 bits per heavy atom. The lowest BCUT2D eigenvalue weighted by molar-refractivity contribution is 0.0997. The van der Waals surface area contributed by atoms with Crippen LogP contribution in [0, 0.1) is 5.82 Å². The third-order valence-corrected chi connectivity index (χ3v) is 5.88. The van der Waals surface area contributed by atoms with E-state index in [-0.39, 0.29) is 39.3 Å². The Balaban J connectivity index is 1.63.